The van der Waals surface area contributed by atoms with Gasteiger partial charge in [0.1, 0.15) is 5.82 Å². The summed E-state index contributed by atoms with van der Waals surface area (Å²) < 4.78 is 1.94. The van der Waals surface area contributed by atoms with Gasteiger partial charge in [-0.3, -0.25) is 9.69 Å². The highest BCUT2D eigenvalue weighted by atomic mass is 16.2. The molecule has 0 fully saturated rings. The second kappa shape index (κ2) is 7.44. The number of nitrogens with zero attached hydrogens (tertiary/aromatic N) is 3. The Balaban J connectivity index is 0.00000127. The zero-order chi connectivity index (χ0) is 17.8. The Hall–Kier alpha value is -2.10. The van der Waals surface area contributed by atoms with Crippen molar-refractivity contribution in [1.29, 1.82) is 0 Å². The number of aromatic nitrogens is 2. The van der Waals surface area contributed by atoms with E-state index in [4.69, 9.17) is 0 Å². The van der Waals surface area contributed by atoms with Crippen LogP contribution in [0.1, 0.15) is 47.2 Å². The van der Waals surface area contributed by atoms with Crippen LogP contribution in [0.5, 0.6) is 0 Å². The van der Waals surface area contributed by atoms with Gasteiger partial charge in [-0.2, -0.15) is 5.10 Å². The van der Waals surface area contributed by atoms with Gasteiger partial charge in [0.05, 0.1) is 11.2 Å². The molecule has 0 saturated heterocycles. The summed E-state index contributed by atoms with van der Waals surface area (Å²) in [5.74, 6) is 0.844. The molecule has 1 heterocycles. The van der Waals surface area contributed by atoms with Crippen LogP contribution in [0.2, 0.25) is 0 Å². The van der Waals surface area contributed by atoms with E-state index in [0.29, 0.717) is 0 Å². The minimum atomic E-state index is -0.198. The van der Waals surface area contributed by atoms with Crippen LogP contribution < -0.4 is 4.90 Å². The van der Waals surface area contributed by atoms with Gasteiger partial charge in [-0.25, -0.2) is 4.68 Å². The largest absolute Gasteiger partial charge is 0.300 e. The topological polar surface area (TPSA) is 38.1 Å². The van der Waals surface area contributed by atoms with Crippen molar-refractivity contribution < 1.29 is 4.79 Å². The van der Waals surface area contributed by atoms with Crippen molar-refractivity contribution in [1.82, 2.24) is 9.78 Å². The maximum Gasteiger partial charge on any atom is 0.224 e. The molecule has 0 bridgehead atoms. The highest BCUT2D eigenvalue weighted by molar-refractivity contribution is 5.95. The molecule has 0 spiro atoms. The predicted molar refractivity (Wildman–Crippen MR) is 97.8 cm³/mol. The van der Waals surface area contributed by atoms with Crippen LogP contribution in [-0.2, 0) is 10.3 Å². The first-order valence-corrected chi connectivity index (χ1v) is 8.13. The van der Waals surface area contributed by atoms with Gasteiger partial charge in [-0.1, -0.05) is 44.2 Å². The molecule has 2 aromatic rings. The summed E-state index contributed by atoms with van der Waals surface area (Å²) in [5.41, 5.74) is 2.83. The minimum absolute atomic E-state index is 0.00224. The summed E-state index contributed by atoms with van der Waals surface area (Å²) >= 11 is 0. The van der Waals surface area contributed by atoms with E-state index >= 15 is 0 Å². The van der Waals surface area contributed by atoms with Crippen LogP contribution in [0.4, 0.5) is 5.82 Å². The van der Waals surface area contributed by atoms with E-state index in [2.05, 4.69) is 38.0 Å². The molecular formula is C19H29N3O. The molecule has 0 unspecified atom stereocenters. The lowest BCUT2D eigenvalue weighted by Gasteiger charge is -2.27. The fraction of sp³-hybridized carbons (Fsp3) is 0.474. The van der Waals surface area contributed by atoms with E-state index in [9.17, 15) is 4.79 Å². The third kappa shape index (κ3) is 4.01. The smallest absolute Gasteiger partial charge is 0.224 e. The first kappa shape index (κ1) is 18.9. The lowest BCUT2D eigenvalue weighted by molar-refractivity contribution is -0.116. The Labute approximate surface area is 140 Å². The molecule has 23 heavy (non-hydrogen) atoms. The average molecular weight is 315 g/mol. The highest BCUT2D eigenvalue weighted by Crippen LogP contribution is 2.36. The molecule has 0 saturated carbocycles. The summed E-state index contributed by atoms with van der Waals surface area (Å²) in [6.07, 6.45) is 0. The van der Waals surface area contributed by atoms with E-state index in [1.165, 1.54) is 0 Å². The van der Waals surface area contributed by atoms with Crippen LogP contribution in [0.25, 0.3) is 11.1 Å². The van der Waals surface area contributed by atoms with Crippen molar-refractivity contribution in [3.05, 3.63) is 36.0 Å². The van der Waals surface area contributed by atoms with Crippen molar-refractivity contribution in [3.8, 4) is 11.1 Å². The molecule has 2 rings (SSSR count). The van der Waals surface area contributed by atoms with Crippen molar-refractivity contribution in [3.63, 3.8) is 0 Å². The normalized spacial score (nSPS) is 10.8. The third-order valence-corrected chi connectivity index (χ3v) is 3.52. The molecule has 0 N–H and O–H groups in total. The summed E-state index contributed by atoms with van der Waals surface area (Å²) in [5, 5.41) is 4.68. The number of benzene rings is 1. The molecule has 0 aliphatic rings. The number of hydrogen-bond acceptors (Lipinski definition) is 2. The second-order valence-electron chi connectivity index (χ2n) is 6.31. The Morgan fingerprint density at radius 3 is 2.09 bits per heavy atom. The van der Waals surface area contributed by atoms with Gasteiger partial charge in [-0.05, 0) is 33.3 Å². The molecule has 0 aliphatic carbocycles. The molecule has 126 valence electrons. The molecule has 0 atom stereocenters. The fourth-order valence-corrected chi connectivity index (χ4v) is 2.38. The Kier molecular flexibility index (Phi) is 6.13. The van der Waals surface area contributed by atoms with Gasteiger partial charge in [0.15, 0.2) is 0 Å². The second-order valence-corrected chi connectivity index (χ2v) is 6.31. The molecule has 0 radical (unpaired) electrons. The highest BCUT2D eigenvalue weighted by Gasteiger charge is 2.27. The number of amides is 1. The monoisotopic (exact) mass is 315 g/mol. The van der Waals surface area contributed by atoms with E-state index < -0.39 is 0 Å². The summed E-state index contributed by atoms with van der Waals surface area (Å²) in [4.78, 5) is 13.6. The lowest BCUT2D eigenvalue weighted by Crippen LogP contribution is -2.32. The molecule has 1 aromatic heterocycles. The van der Waals surface area contributed by atoms with Crippen LogP contribution >= 0.6 is 0 Å². The van der Waals surface area contributed by atoms with E-state index in [-0.39, 0.29) is 11.4 Å². The van der Waals surface area contributed by atoms with Crippen molar-refractivity contribution in [2.24, 2.45) is 0 Å². The van der Waals surface area contributed by atoms with Crippen molar-refractivity contribution in [2.75, 3.05) is 11.9 Å². The lowest BCUT2D eigenvalue weighted by atomic mass is 10.0. The van der Waals surface area contributed by atoms with Gasteiger partial charge in [-0.15, -0.1) is 0 Å². The minimum Gasteiger partial charge on any atom is -0.300 e. The van der Waals surface area contributed by atoms with Crippen LogP contribution in [-0.4, -0.2) is 22.7 Å². The van der Waals surface area contributed by atoms with Gasteiger partial charge in [0.2, 0.25) is 5.91 Å². The van der Waals surface area contributed by atoms with Gasteiger partial charge < -0.3 is 0 Å². The van der Waals surface area contributed by atoms with E-state index in [1.54, 1.807) is 18.9 Å². The SMILES string of the molecule is CC.CC(=O)N(C)c1c(-c2ccccc2)c(C)nn1C(C)(C)C. The fourth-order valence-electron chi connectivity index (χ4n) is 2.38. The Morgan fingerprint density at radius 2 is 1.65 bits per heavy atom. The Bertz CT molecular complexity index is 651. The molecule has 0 aliphatic heterocycles. The maximum atomic E-state index is 11.9. The van der Waals surface area contributed by atoms with Crippen molar-refractivity contribution in [2.45, 2.75) is 54.0 Å². The van der Waals surface area contributed by atoms with E-state index in [0.717, 1.165) is 22.6 Å². The van der Waals surface area contributed by atoms with E-state index in [1.807, 2.05) is 43.7 Å². The third-order valence-electron chi connectivity index (χ3n) is 3.52. The predicted octanol–water partition coefficient (Wildman–Crippen LogP) is 4.62. The number of carbonyl (C=O) groups is 1. The van der Waals surface area contributed by atoms with Crippen molar-refractivity contribution >= 4 is 11.7 Å². The Morgan fingerprint density at radius 1 is 1.13 bits per heavy atom. The standard InChI is InChI=1S/C17H23N3O.C2H6/c1-12-15(14-10-8-7-9-11-14)16(19(6)13(2)21)20(18-12)17(3,4)5;1-2/h7-11H,1-6H3;1-2H3. The summed E-state index contributed by atoms with van der Waals surface area (Å²) in [6, 6.07) is 10.1. The molecule has 1 aromatic carbocycles. The number of carbonyl (C=O) groups excluding carboxylic acids is 1. The molecule has 1 amide bonds. The average Bonchev–Trinajstić information content (AvgIpc) is 2.86. The maximum absolute atomic E-state index is 11.9. The van der Waals surface area contributed by atoms with Gasteiger partial charge >= 0.3 is 0 Å². The number of aryl methyl sites for hydroxylation is 1. The number of rotatable bonds is 2. The molecular weight excluding hydrogens is 286 g/mol. The van der Waals surface area contributed by atoms with Crippen LogP contribution in [0.3, 0.4) is 0 Å². The summed E-state index contributed by atoms with van der Waals surface area (Å²) in [6.45, 7) is 13.8. The first-order valence-electron chi connectivity index (χ1n) is 8.13. The number of anilines is 1. The van der Waals surface area contributed by atoms with Gasteiger partial charge in [0, 0.05) is 19.5 Å². The first-order chi connectivity index (χ1) is 10.7. The zero-order valence-corrected chi connectivity index (χ0v) is 15.6. The van der Waals surface area contributed by atoms with Crippen LogP contribution in [0, 0.1) is 6.92 Å². The zero-order valence-electron chi connectivity index (χ0n) is 15.6. The van der Waals surface area contributed by atoms with Crippen LogP contribution in [0.15, 0.2) is 30.3 Å². The molecule has 4 nitrogen and oxygen atoms in total. The molecule has 4 heteroatoms. The quantitative estimate of drug-likeness (QED) is 0.811. The van der Waals surface area contributed by atoms with Gasteiger partial charge in [0.25, 0.3) is 0 Å². The summed E-state index contributed by atoms with van der Waals surface area (Å²) in [7, 11) is 1.80. The number of hydrogen-bond donors (Lipinski definition) is 0.